The molecule has 4 aliphatic heterocycles. The smallest absolute Gasteiger partial charge is 0.240 e. The first-order valence-electron chi connectivity index (χ1n) is 11.4. The predicted octanol–water partition coefficient (Wildman–Crippen LogP) is -0.834. The Hall–Kier alpha value is -0.210. The Morgan fingerprint density at radius 2 is 1.88 bits per heavy atom. The SMILES string of the molecule is CSC1O[C@H]([C@H](NC(=O)[C@H]2NC[C@@H]3C[C@H]4OC(C)(C)O[C@H]4CO[C@H]32)[C@H](C)Cl)C(O)C(O)[C@H]1O. The predicted molar refractivity (Wildman–Crippen MR) is 121 cm³/mol. The molecule has 0 aliphatic carbocycles. The van der Waals surface area contributed by atoms with Crippen molar-refractivity contribution in [3.8, 4) is 0 Å². The van der Waals surface area contributed by atoms with E-state index in [1.807, 2.05) is 13.8 Å². The number of aliphatic hydroxyl groups excluding tert-OH is 3. The molecule has 0 bridgehead atoms. The summed E-state index contributed by atoms with van der Waals surface area (Å²) in [6, 6.07) is -1.42. The van der Waals surface area contributed by atoms with Crippen LogP contribution in [0.3, 0.4) is 0 Å². The van der Waals surface area contributed by atoms with Crippen molar-refractivity contribution in [2.45, 2.75) is 98.6 Å². The van der Waals surface area contributed by atoms with Gasteiger partial charge in [0.2, 0.25) is 5.91 Å². The molecule has 1 amide bonds. The summed E-state index contributed by atoms with van der Waals surface area (Å²) in [5.74, 6) is -0.896. The molecule has 33 heavy (non-hydrogen) atoms. The molecule has 0 saturated carbocycles. The number of rotatable bonds is 5. The Labute approximate surface area is 203 Å². The topological polar surface area (TPSA) is 139 Å². The maximum Gasteiger partial charge on any atom is 0.240 e. The molecule has 5 N–H and O–H groups in total. The van der Waals surface area contributed by atoms with E-state index in [1.54, 1.807) is 13.2 Å². The summed E-state index contributed by atoms with van der Waals surface area (Å²) in [5.41, 5.74) is -0.758. The van der Waals surface area contributed by atoms with E-state index in [2.05, 4.69) is 10.6 Å². The molecule has 0 aromatic rings. The van der Waals surface area contributed by atoms with Crippen LogP contribution in [0.25, 0.3) is 0 Å². The summed E-state index contributed by atoms with van der Waals surface area (Å²) in [4.78, 5) is 13.3. The van der Waals surface area contributed by atoms with Gasteiger partial charge in [-0.2, -0.15) is 0 Å². The van der Waals surface area contributed by atoms with E-state index in [4.69, 9.17) is 30.5 Å². The molecule has 0 radical (unpaired) electrons. The second-order valence-corrected chi connectivity index (χ2v) is 11.4. The van der Waals surface area contributed by atoms with Gasteiger partial charge in [0.1, 0.15) is 42.0 Å². The Balaban J connectivity index is 1.43. The molecule has 190 valence electrons. The number of hydrogen-bond donors (Lipinski definition) is 5. The van der Waals surface area contributed by atoms with Crippen molar-refractivity contribution in [1.82, 2.24) is 10.6 Å². The molecule has 4 saturated heterocycles. The lowest BCUT2D eigenvalue weighted by atomic mass is 9.92. The highest BCUT2D eigenvalue weighted by Crippen LogP contribution is 2.38. The summed E-state index contributed by atoms with van der Waals surface area (Å²) in [7, 11) is 0. The molecule has 3 unspecified atom stereocenters. The van der Waals surface area contributed by atoms with Crippen molar-refractivity contribution in [1.29, 1.82) is 0 Å². The van der Waals surface area contributed by atoms with Gasteiger partial charge in [-0.15, -0.1) is 23.4 Å². The molecule has 4 heterocycles. The zero-order valence-electron chi connectivity index (χ0n) is 19.2. The average molecular weight is 511 g/mol. The molecule has 0 spiro atoms. The van der Waals surface area contributed by atoms with Gasteiger partial charge in [-0.3, -0.25) is 4.79 Å². The summed E-state index contributed by atoms with van der Waals surface area (Å²) >= 11 is 7.59. The van der Waals surface area contributed by atoms with E-state index in [1.165, 1.54) is 11.8 Å². The monoisotopic (exact) mass is 510 g/mol. The van der Waals surface area contributed by atoms with Crippen LogP contribution in [0.4, 0.5) is 0 Å². The number of nitrogens with one attached hydrogen (secondary N) is 2. The van der Waals surface area contributed by atoms with Crippen LogP contribution in [0.1, 0.15) is 27.2 Å². The standard InChI is InChI=1S/C21H35ClN2O8S/c1-8(22)12(18-15(26)14(25)16(27)20(30-18)33-4)24-19(28)13-17-9(6-23-13)5-10-11(7-29-17)32-21(2,3)31-10/h8-18,20,23,25-27H,5-7H2,1-4H3,(H,24,28)/t8-,9-,10+,11-,12+,13-,14?,15?,16+,17+,18+,20?/m0/s1. The summed E-state index contributed by atoms with van der Waals surface area (Å²) in [5, 5.41) is 36.5. The van der Waals surface area contributed by atoms with Crippen LogP contribution >= 0.6 is 23.4 Å². The number of ether oxygens (including phenoxy) is 4. The van der Waals surface area contributed by atoms with Gasteiger partial charge in [0.25, 0.3) is 0 Å². The fraction of sp³-hybridized carbons (Fsp3) is 0.952. The maximum absolute atomic E-state index is 13.3. The number of fused-ring (bicyclic) bond motifs is 2. The molecule has 0 aromatic carbocycles. The number of alkyl halides is 1. The van der Waals surface area contributed by atoms with Crippen LogP contribution in [-0.4, -0.2) is 112 Å². The average Bonchev–Trinajstić information content (AvgIpc) is 3.24. The van der Waals surface area contributed by atoms with Crippen LogP contribution in [-0.2, 0) is 23.7 Å². The van der Waals surface area contributed by atoms with Crippen molar-refractivity contribution >= 4 is 29.3 Å². The van der Waals surface area contributed by atoms with Gasteiger partial charge in [-0.25, -0.2) is 0 Å². The van der Waals surface area contributed by atoms with Crippen LogP contribution in [0.2, 0.25) is 0 Å². The minimum Gasteiger partial charge on any atom is -0.388 e. The lowest BCUT2D eigenvalue weighted by Crippen LogP contribution is -2.65. The van der Waals surface area contributed by atoms with Gasteiger partial charge in [0, 0.05) is 12.5 Å². The quantitative estimate of drug-likeness (QED) is 0.298. The molecular weight excluding hydrogens is 476 g/mol. The number of carbonyl (C=O) groups excluding carboxylic acids is 1. The Bertz CT molecular complexity index is 716. The van der Waals surface area contributed by atoms with Gasteiger partial charge in [0.15, 0.2) is 5.79 Å². The first kappa shape index (κ1) is 25.9. The van der Waals surface area contributed by atoms with E-state index in [0.717, 1.165) is 6.42 Å². The molecule has 4 fully saturated rings. The highest BCUT2D eigenvalue weighted by atomic mass is 35.5. The van der Waals surface area contributed by atoms with Crippen LogP contribution in [0, 0.1) is 5.92 Å². The number of aliphatic hydroxyl groups is 3. The fourth-order valence-corrected chi connectivity index (χ4v) is 6.19. The van der Waals surface area contributed by atoms with E-state index in [-0.39, 0.29) is 30.1 Å². The summed E-state index contributed by atoms with van der Waals surface area (Å²) < 4.78 is 23.9. The molecule has 0 aromatic heterocycles. The summed E-state index contributed by atoms with van der Waals surface area (Å²) in [6.45, 7) is 6.38. The molecule has 10 nitrogen and oxygen atoms in total. The first-order valence-corrected chi connectivity index (χ1v) is 13.1. The van der Waals surface area contributed by atoms with Crippen molar-refractivity contribution in [3.63, 3.8) is 0 Å². The van der Waals surface area contributed by atoms with E-state index < -0.39 is 53.1 Å². The zero-order chi connectivity index (χ0) is 24.1. The molecule has 12 heteroatoms. The van der Waals surface area contributed by atoms with E-state index >= 15 is 0 Å². The number of carbonyl (C=O) groups is 1. The zero-order valence-corrected chi connectivity index (χ0v) is 20.8. The molecule has 12 atom stereocenters. The van der Waals surface area contributed by atoms with Crippen LogP contribution in [0.5, 0.6) is 0 Å². The third-order valence-corrected chi connectivity index (χ3v) is 8.07. The van der Waals surface area contributed by atoms with Gasteiger partial charge in [-0.05, 0) is 33.4 Å². The van der Waals surface area contributed by atoms with E-state index in [9.17, 15) is 20.1 Å². The Morgan fingerprint density at radius 3 is 2.55 bits per heavy atom. The highest BCUT2D eigenvalue weighted by molar-refractivity contribution is 7.99. The lowest BCUT2D eigenvalue weighted by molar-refractivity contribution is -0.205. The molecular formula is C21H35ClN2O8S. The van der Waals surface area contributed by atoms with Crippen molar-refractivity contribution in [2.75, 3.05) is 19.4 Å². The second-order valence-electron chi connectivity index (χ2n) is 9.78. The van der Waals surface area contributed by atoms with Crippen molar-refractivity contribution in [2.24, 2.45) is 5.92 Å². The lowest BCUT2D eigenvalue weighted by Gasteiger charge is -2.44. The number of hydrogen-bond acceptors (Lipinski definition) is 10. The second kappa shape index (κ2) is 10.0. The molecule has 4 aliphatic rings. The van der Waals surface area contributed by atoms with Gasteiger partial charge >= 0.3 is 0 Å². The maximum atomic E-state index is 13.3. The summed E-state index contributed by atoms with van der Waals surface area (Å²) in [6.07, 6.45) is -3.25. The van der Waals surface area contributed by atoms with Crippen molar-refractivity contribution < 1.29 is 39.1 Å². The highest BCUT2D eigenvalue weighted by Gasteiger charge is 2.52. The largest absolute Gasteiger partial charge is 0.388 e. The fourth-order valence-electron chi connectivity index (χ4n) is 5.31. The Morgan fingerprint density at radius 1 is 1.18 bits per heavy atom. The van der Waals surface area contributed by atoms with Gasteiger partial charge < -0.3 is 44.9 Å². The van der Waals surface area contributed by atoms with Crippen LogP contribution < -0.4 is 10.6 Å². The van der Waals surface area contributed by atoms with Gasteiger partial charge in [0.05, 0.1) is 30.2 Å². The number of thioether (sulfide) groups is 1. The minimum absolute atomic E-state index is 0.0782. The normalized spacial score (nSPS) is 46.7. The molecule has 4 rings (SSSR count). The third kappa shape index (κ3) is 5.18. The minimum atomic E-state index is -1.42. The Kier molecular flexibility index (Phi) is 7.87. The van der Waals surface area contributed by atoms with Gasteiger partial charge in [-0.1, -0.05) is 0 Å². The van der Waals surface area contributed by atoms with Crippen molar-refractivity contribution in [3.05, 3.63) is 0 Å². The van der Waals surface area contributed by atoms with Crippen LogP contribution in [0.15, 0.2) is 0 Å². The number of amides is 1. The third-order valence-electron chi connectivity index (χ3n) is 6.95. The van der Waals surface area contributed by atoms with E-state index in [0.29, 0.717) is 13.2 Å². The number of halogens is 1. The first-order chi connectivity index (χ1) is 15.5.